The van der Waals surface area contributed by atoms with Crippen LogP contribution in [0.3, 0.4) is 0 Å². The molecule has 16 heavy (non-hydrogen) atoms. The molecule has 3 atom stereocenters. The third-order valence-electron chi connectivity index (χ3n) is 3.32. The zero-order valence-corrected chi connectivity index (χ0v) is 12.0. The van der Waals surface area contributed by atoms with Crippen LogP contribution in [0.25, 0.3) is 0 Å². The number of allylic oxidation sites excluding steroid dienone is 1. The highest BCUT2D eigenvalue weighted by Crippen LogP contribution is 2.41. The number of hydrogen-bond acceptors (Lipinski definition) is 3. The summed E-state index contributed by atoms with van der Waals surface area (Å²) in [6, 6.07) is 0. The molecule has 2 nitrogen and oxygen atoms in total. The first-order valence-corrected chi connectivity index (χ1v) is 7.09. The molecule has 4 heteroatoms. The first-order chi connectivity index (χ1) is 7.56. The van der Waals surface area contributed by atoms with Crippen molar-refractivity contribution in [3.8, 4) is 0 Å². The van der Waals surface area contributed by atoms with E-state index in [9.17, 15) is 0 Å². The molecule has 0 radical (unpaired) electrons. The molecule has 0 saturated carbocycles. The van der Waals surface area contributed by atoms with Gasteiger partial charge in [-0.3, -0.25) is 0 Å². The van der Waals surface area contributed by atoms with Crippen LogP contribution in [0.4, 0.5) is 0 Å². The summed E-state index contributed by atoms with van der Waals surface area (Å²) in [5.41, 5.74) is -0.0229. The second-order valence-corrected chi connectivity index (χ2v) is 6.26. The minimum absolute atomic E-state index is 0.0229. The fourth-order valence-corrected chi connectivity index (χ4v) is 3.67. The maximum absolute atomic E-state index is 5.79. The van der Waals surface area contributed by atoms with Gasteiger partial charge >= 0.3 is 0 Å². The molecule has 1 aromatic heterocycles. The Bertz CT molecular complexity index is 392. The van der Waals surface area contributed by atoms with Gasteiger partial charge in [-0.25, -0.2) is 4.98 Å². The summed E-state index contributed by atoms with van der Waals surface area (Å²) in [4.78, 5) is 4.54. The molecule has 1 aromatic rings. The van der Waals surface area contributed by atoms with Gasteiger partial charge in [0.25, 0.3) is 0 Å². The smallest absolute Gasteiger partial charge is 0.117 e. The van der Waals surface area contributed by atoms with Gasteiger partial charge in [-0.15, -0.1) is 17.9 Å². The van der Waals surface area contributed by atoms with E-state index in [-0.39, 0.29) is 5.41 Å². The Morgan fingerprint density at radius 1 is 1.75 bits per heavy atom. The molecule has 1 aliphatic heterocycles. The Hall–Kier alpha value is -0.190. The van der Waals surface area contributed by atoms with Crippen LogP contribution in [0.2, 0.25) is 0 Å². The molecule has 1 saturated heterocycles. The summed E-state index contributed by atoms with van der Waals surface area (Å²) in [7, 11) is 0. The third kappa shape index (κ3) is 2.11. The average molecular weight is 302 g/mol. The highest BCUT2D eigenvalue weighted by atomic mass is 79.9. The zero-order valence-electron chi connectivity index (χ0n) is 9.57. The lowest BCUT2D eigenvalue weighted by Gasteiger charge is -2.40. The maximum Gasteiger partial charge on any atom is 0.117 e. The summed E-state index contributed by atoms with van der Waals surface area (Å²) in [6.45, 7) is 9.02. The van der Waals surface area contributed by atoms with Crippen LogP contribution >= 0.6 is 27.3 Å². The zero-order chi connectivity index (χ0) is 11.8. The molecule has 0 unspecified atom stereocenters. The van der Waals surface area contributed by atoms with Crippen LogP contribution in [-0.4, -0.2) is 17.7 Å². The van der Waals surface area contributed by atoms with Gasteiger partial charge in [-0.1, -0.05) is 13.0 Å². The molecular formula is C12H16BrNOS. The molecule has 0 spiro atoms. The summed E-state index contributed by atoms with van der Waals surface area (Å²) in [5, 5.41) is 3.16. The van der Waals surface area contributed by atoms with Gasteiger partial charge in [-0.2, -0.15) is 0 Å². The highest BCUT2D eigenvalue weighted by molar-refractivity contribution is 9.10. The van der Waals surface area contributed by atoms with E-state index in [0.29, 0.717) is 12.0 Å². The summed E-state index contributed by atoms with van der Waals surface area (Å²) >= 11 is 5.10. The average Bonchev–Trinajstić information content (AvgIpc) is 2.69. The quantitative estimate of drug-likeness (QED) is 0.776. The number of hydrogen-bond donors (Lipinski definition) is 0. The third-order valence-corrected chi connectivity index (χ3v) is 5.15. The highest BCUT2D eigenvalue weighted by Gasteiger charge is 2.41. The van der Waals surface area contributed by atoms with E-state index < -0.39 is 0 Å². The second kappa shape index (κ2) is 4.59. The molecule has 1 aliphatic rings. The van der Waals surface area contributed by atoms with Gasteiger partial charge in [-0.05, 0) is 35.2 Å². The minimum atomic E-state index is -0.0229. The topological polar surface area (TPSA) is 22.1 Å². The number of rotatable bonds is 2. The van der Waals surface area contributed by atoms with E-state index in [1.54, 1.807) is 11.3 Å². The van der Waals surface area contributed by atoms with Gasteiger partial charge < -0.3 is 4.74 Å². The van der Waals surface area contributed by atoms with Crippen molar-refractivity contribution in [2.24, 2.45) is 5.92 Å². The van der Waals surface area contributed by atoms with E-state index >= 15 is 0 Å². The molecule has 0 amide bonds. The number of ether oxygens (including phenoxy) is 1. The minimum Gasteiger partial charge on any atom is -0.377 e. The van der Waals surface area contributed by atoms with Crippen LogP contribution in [0.5, 0.6) is 0 Å². The first-order valence-electron chi connectivity index (χ1n) is 5.42. The Labute approximate surface area is 109 Å². The molecule has 2 rings (SSSR count). The largest absolute Gasteiger partial charge is 0.377 e. The molecule has 1 fully saturated rings. The van der Waals surface area contributed by atoms with Crippen LogP contribution in [0.15, 0.2) is 22.6 Å². The molecule has 2 heterocycles. The Morgan fingerprint density at radius 2 is 2.50 bits per heavy atom. The van der Waals surface area contributed by atoms with Crippen molar-refractivity contribution in [3.05, 3.63) is 27.6 Å². The molecule has 88 valence electrons. The number of thiazole rings is 1. The molecular weight excluding hydrogens is 286 g/mol. The normalized spacial score (nSPS) is 34.9. The predicted octanol–water partition coefficient (Wildman–Crippen LogP) is 3.77. The number of nitrogens with zero attached hydrogens (tertiary/aromatic N) is 1. The first kappa shape index (κ1) is 12.3. The fraction of sp³-hybridized carbons (Fsp3) is 0.583. The van der Waals surface area contributed by atoms with E-state index in [2.05, 4.69) is 41.3 Å². The summed E-state index contributed by atoms with van der Waals surface area (Å²) in [6.07, 6.45) is 3.39. The van der Waals surface area contributed by atoms with Crippen molar-refractivity contribution in [2.75, 3.05) is 6.61 Å². The van der Waals surface area contributed by atoms with Gasteiger partial charge in [0, 0.05) is 10.8 Å². The lowest BCUT2D eigenvalue weighted by Crippen LogP contribution is -2.43. The monoisotopic (exact) mass is 301 g/mol. The van der Waals surface area contributed by atoms with E-state index in [1.165, 1.54) is 0 Å². The van der Waals surface area contributed by atoms with Crippen LogP contribution in [0.1, 0.15) is 25.3 Å². The van der Waals surface area contributed by atoms with E-state index in [0.717, 1.165) is 22.6 Å². The molecule has 0 aromatic carbocycles. The summed E-state index contributed by atoms with van der Waals surface area (Å²) in [5.74, 6) is 0.439. The van der Waals surface area contributed by atoms with Crippen molar-refractivity contribution < 1.29 is 4.74 Å². The maximum atomic E-state index is 5.79. The van der Waals surface area contributed by atoms with Crippen molar-refractivity contribution >= 4 is 27.3 Å². The van der Waals surface area contributed by atoms with Crippen molar-refractivity contribution in [1.82, 2.24) is 4.98 Å². The van der Waals surface area contributed by atoms with Crippen LogP contribution < -0.4 is 0 Å². The van der Waals surface area contributed by atoms with Crippen LogP contribution in [0, 0.1) is 5.92 Å². The van der Waals surface area contributed by atoms with Gasteiger partial charge in [0.15, 0.2) is 0 Å². The number of halogens is 1. The van der Waals surface area contributed by atoms with Crippen LogP contribution in [-0.2, 0) is 10.2 Å². The summed E-state index contributed by atoms with van der Waals surface area (Å²) < 4.78 is 6.70. The van der Waals surface area contributed by atoms with E-state index in [1.807, 2.05) is 11.5 Å². The van der Waals surface area contributed by atoms with Gasteiger partial charge in [0.2, 0.25) is 0 Å². The standard InChI is InChI=1S/C12H16BrNOS/c1-4-9-5-8(2)15-7-12(9,3)11-14-10(13)6-16-11/h4,6,8-9H,1,5,7H2,2-3H3/t8-,9+,12+/m0/s1. The molecule has 0 N–H and O–H groups in total. The lowest BCUT2D eigenvalue weighted by atomic mass is 9.73. The Morgan fingerprint density at radius 3 is 3.06 bits per heavy atom. The molecule has 0 bridgehead atoms. The van der Waals surface area contributed by atoms with Gasteiger partial charge in [0.1, 0.15) is 9.61 Å². The second-order valence-electron chi connectivity index (χ2n) is 4.59. The van der Waals surface area contributed by atoms with Crippen molar-refractivity contribution in [2.45, 2.75) is 31.8 Å². The molecule has 0 aliphatic carbocycles. The Kier molecular flexibility index (Phi) is 3.52. The fourth-order valence-electron chi connectivity index (χ4n) is 2.20. The Balaban J connectivity index is 2.31. The van der Waals surface area contributed by atoms with Crippen molar-refractivity contribution in [1.29, 1.82) is 0 Å². The van der Waals surface area contributed by atoms with E-state index in [4.69, 9.17) is 4.74 Å². The predicted molar refractivity (Wildman–Crippen MR) is 70.9 cm³/mol. The lowest BCUT2D eigenvalue weighted by molar-refractivity contribution is -0.0364. The van der Waals surface area contributed by atoms with Gasteiger partial charge in [0.05, 0.1) is 12.7 Å². The SMILES string of the molecule is C=C[C@@H]1C[C@H](C)OC[C@@]1(C)c1nc(Br)cs1. The number of aromatic nitrogens is 1. The van der Waals surface area contributed by atoms with Crippen molar-refractivity contribution in [3.63, 3.8) is 0 Å².